The normalized spacial score (nSPS) is 24.6. The number of furan rings is 1. The Bertz CT molecular complexity index is 418. The lowest BCUT2D eigenvalue weighted by Crippen LogP contribution is -2.28. The topological polar surface area (TPSA) is 71.5 Å². The second-order valence-corrected chi connectivity index (χ2v) is 4.61. The third-order valence-electron chi connectivity index (χ3n) is 3.58. The van der Waals surface area contributed by atoms with Gasteiger partial charge in [0.05, 0.1) is 12.1 Å². The van der Waals surface area contributed by atoms with Crippen LogP contribution in [0.25, 0.3) is 0 Å². The second kappa shape index (κ2) is 5.49. The van der Waals surface area contributed by atoms with Crippen LogP contribution in [0.15, 0.2) is 16.5 Å². The highest BCUT2D eigenvalue weighted by molar-refractivity contribution is 5.21. The minimum Gasteiger partial charge on any atom is -0.404 e. The third-order valence-corrected chi connectivity index (χ3v) is 3.58. The van der Waals surface area contributed by atoms with E-state index in [0.717, 1.165) is 26.1 Å². The van der Waals surface area contributed by atoms with Gasteiger partial charge in [0.15, 0.2) is 0 Å². The summed E-state index contributed by atoms with van der Waals surface area (Å²) in [7, 11) is 1.93. The van der Waals surface area contributed by atoms with E-state index in [1.54, 1.807) is 6.07 Å². The lowest BCUT2D eigenvalue weighted by atomic mass is 9.98. The number of nitro groups is 1. The van der Waals surface area contributed by atoms with Crippen molar-refractivity contribution in [2.24, 2.45) is 5.92 Å². The lowest BCUT2D eigenvalue weighted by Gasteiger charge is -2.24. The molecule has 0 bridgehead atoms. The van der Waals surface area contributed by atoms with E-state index >= 15 is 0 Å². The standard InChI is InChI=1S/C12H19N3O3/c1-3-14-7-6-9(8-13-2)12(14)10-4-5-11(18-10)15(16)17/h4-5,9,12-13H,3,6-8H2,1-2H3. The van der Waals surface area contributed by atoms with Crippen molar-refractivity contribution < 1.29 is 9.34 Å². The van der Waals surface area contributed by atoms with Crippen LogP contribution >= 0.6 is 0 Å². The maximum atomic E-state index is 10.7. The van der Waals surface area contributed by atoms with Crippen LogP contribution in [0.1, 0.15) is 25.1 Å². The molecule has 2 unspecified atom stereocenters. The van der Waals surface area contributed by atoms with Gasteiger partial charge >= 0.3 is 5.88 Å². The Hall–Kier alpha value is -1.40. The van der Waals surface area contributed by atoms with Gasteiger partial charge in [0.25, 0.3) is 0 Å². The first-order valence-corrected chi connectivity index (χ1v) is 6.30. The van der Waals surface area contributed by atoms with Crippen molar-refractivity contribution in [2.75, 3.05) is 26.7 Å². The van der Waals surface area contributed by atoms with Crippen molar-refractivity contribution in [3.63, 3.8) is 0 Å². The molecule has 0 aromatic carbocycles. The van der Waals surface area contributed by atoms with Gasteiger partial charge in [-0.25, -0.2) is 0 Å². The van der Waals surface area contributed by atoms with Crippen LogP contribution < -0.4 is 5.32 Å². The van der Waals surface area contributed by atoms with Gasteiger partial charge in [0.2, 0.25) is 0 Å². The predicted octanol–water partition coefficient (Wildman–Crippen LogP) is 1.79. The fraction of sp³-hybridized carbons (Fsp3) is 0.667. The van der Waals surface area contributed by atoms with Crippen LogP contribution in [-0.4, -0.2) is 36.5 Å². The van der Waals surface area contributed by atoms with Gasteiger partial charge in [0, 0.05) is 0 Å². The summed E-state index contributed by atoms with van der Waals surface area (Å²) < 4.78 is 5.37. The van der Waals surface area contributed by atoms with E-state index in [2.05, 4.69) is 17.1 Å². The average molecular weight is 253 g/mol. The SMILES string of the molecule is CCN1CCC(CNC)C1c1ccc([N+](=O)[O-])o1. The molecule has 1 fully saturated rings. The number of hydrogen-bond donors (Lipinski definition) is 1. The first kappa shape index (κ1) is 13.0. The summed E-state index contributed by atoms with van der Waals surface area (Å²) in [5.74, 6) is 0.984. The molecule has 0 aliphatic carbocycles. The zero-order valence-electron chi connectivity index (χ0n) is 10.8. The Morgan fingerprint density at radius 3 is 2.94 bits per heavy atom. The Kier molecular flexibility index (Phi) is 3.98. The quantitative estimate of drug-likeness (QED) is 0.640. The van der Waals surface area contributed by atoms with Crippen LogP contribution in [-0.2, 0) is 0 Å². The molecule has 2 atom stereocenters. The molecule has 6 heteroatoms. The van der Waals surface area contributed by atoms with Crippen LogP contribution in [0.2, 0.25) is 0 Å². The fourth-order valence-corrected chi connectivity index (χ4v) is 2.77. The molecular formula is C12H19N3O3. The Balaban J connectivity index is 2.22. The number of hydrogen-bond acceptors (Lipinski definition) is 5. The van der Waals surface area contributed by atoms with E-state index in [9.17, 15) is 10.1 Å². The Morgan fingerprint density at radius 1 is 1.61 bits per heavy atom. The van der Waals surface area contributed by atoms with Crippen molar-refractivity contribution in [2.45, 2.75) is 19.4 Å². The van der Waals surface area contributed by atoms with Gasteiger partial charge in [-0.3, -0.25) is 15.0 Å². The molecule has 1 N–H and O–H groups in total. The molecule has 1 saturated heterocycles. The third kappa shape index (κ3) is 2.39. The summed E-state index contributed by atoms with van der Waals surface area (Å²) in [6.07, 6.45) is 1.09. The van der Waals surface area contributed by atoms with Crippen LogP contribution in [0, 0.1) is 16.0 Å². The van der Waals surface area contributed by atoms with Crippen LogP contribution in [0.3, 0.4) is 0 Å². The van der Waals surface area contributed by atoms with Crippen molar-refractivity contribution >= 4 is 5.88 Å². The van der Waals surface area contributed by atoms with Crippen LogP contribution in [0.5, 0.6) is 0 Å². The van der Waals surface area contributed by atoms with Gasteiger partial charge in [0.1, 0.15) is 10.7 Å². The van der Waals surface area contributed by atoms with Gasteiger partial charge in [-0.2, -0.15) is 0 Å². The molecule has 2 rings (SSSR count). The van der Waals surface area contributed by atoms with Gasteiger partial charge in [-0.15, -0.1) is 0 Å². The molecule has 1 aromatic heterocycles. The Labute approximate surface area is 106 Å². The minimum atomic E-state index is -0.484. The zero-order valence-corrected chi connectivity index (χ0v) is 10.8. The molecule has 0 spiro atoms. The van der Waals surface area contributed by atoms with E-state index in [1.807, 2.05) is 7.05 Å². The number of nitrogens with zero attached hydrogens (tertiary/aromatic N) is 2. The second-order valence-electron chi connectivity index (χ2n) is 4.61. The first-order valence-electron chi connectivity index (χ1n) is 6.30. The highest BCUT2D eigenvalue weighted by Crippen LogP contribution is 2.38. The lowest BCUT2D eigenvalue weighted by molar-refractivity contribution is -0.402. The van der Waals surface area contributed by atoms with Gasteiger partial charge in [-0.1, -0.05) is 6.92 Å². The summed E-state index contributed by atoms with van der Waals surface area (Å²) in [5.41, 5.74) is 0. The van der Waals surface area contributed by atoms with E-state index < -0.39 is 4.92 Å². The first-order chi connectivity index (χ1) is 8.67. The largest absolute Gasteiger partial charge is 0.433 e. The molecule has 100 valence electrons. The summed E-state index contributed by atoms with van der Waals surface area (Å²) >= 11 is 0. The van der Waals surface area contributed by atoms with Crippen LogP contribution in [0.4, 0.5) is 5.88 Å². The molecule has 18 heavy (non-hydrogen) atoms. The van der Waals surface area contributed by atoms with Crippen molar-refractivity contribution in [1.82, 2.24) is 10.2 Å². The summed E-state index contributed by atoms with van der Waals surface area (Å²) in [6, 6.07) is 3.33. The van der Waals surface area contributed by atoms with Gasteiger partial charge in [-0.05, 0) is 45.1 Å². The van der Waals surface area contributed by atoms with E-state index in [1.165, 1.54) is 6.07 Å². The maximum absolute atomic E-state index is 10.7. The summed E-state index contributed by atoms with van der Waals surface area (Å²) in [6.45, 7) is 4.95. The zero-order chi connectivity index (χ0) is 13.1. The fourth-order valence-electron chi connectivity index (χ4n) is 2.77. The number of rotatable bonds is 5. The highest BCUT2D eigenvalue weighted by Gasteiger charge is 2.36. The van der Waals surface area contributed by atoms with Crippen molar-refractivity contribution in [3.8, 4) is 0 Å². The molecule has 0 saturated carbocycles. The van der Waals surface area contributed by atoms with Crippen molar-refractivity contribution in [1.29, 1.82) is 0 Å². The smallest absolute Gasteiger partial charge is 0.404 e. The van der Waals surface area contributed by atoms with E-state index in [4.69, 9.17) is 4.42 Å². The van der Waals surface area contributed by atoms with E-state index in [-0.39, 0.29) is 11.9 Å². The average Bonchev–Trinajstić information content (AvgIpc) is 2.94. The van der Waals surface area contributed by atoms with Crippen molar-refractivity contribution in [3.05, 3.63) is 28.0 Å². The molecule has 6 nitrogen and oxygen atoms in total. The molecule has 2 heterocycles. The minimum absolute atomic E-state index is 0.149. The molecule has 0 amide bonds. The molecule has 0 radical (unpaired) electrons. The summed E-state index contributed by atoms with van der Waals surface area (Å²) in [4.78, 5) is 12.5. The maximum Gasteiger partial charge on any atom is 0.433 e. The molecule has 1 aromatic rings. The monoisotopic (exact) mass is 253 g/mol. The predicted molar refractivity (Wildman–Crippen MR) is 67.4 cm³/mol. The highest BCUT2D eigenvalue weighted by atomic mass is 16.6. The molecular weight excluding hydrogens is 234 g/mol. The summed E-state index contributed by atoms with van der Waals surface area (Å²) in [5, 5.41) is 13.9. The number of likely N-dealkylation sites (tertiary alicyclic amines) is 1. The number of nitrogens with one attached hydrogen (secondary N) is 1. The molecule has 1 aliphatic heterocycles. The molecule has 1 aliphatic rings. The van der Waals surface area contributed by atoms with E-state index in [0.29, 0.717) is 11.7 Å². The Morgan fingerprint density at radius 2 is 2.39 bits per heavy atom. The van der Waals surface area contributed by atoms with Gasteiger partial charge < -0.3 is 9.73 Å².